The molecule has 0 N–H and O–H groups in total. The van der Waals surface area contributed by atoms with Gasteiger partial charge < -0.3 is 0 Å². The lowest BCUT2D eigenvalue weighted by atomic mass is 9.81. The zero-order valence-electron chi connectivity index (χ0n) is 33.5. The highest BCUT2D eigenvalue weighted by molar-refractivity contribution is 6.42. The molecule has 2 aromatic carbocycles. The molecule has 2 aliphatic rings. The lowest BCUT2D eigenvalue weighted by Crippen LogP contribution is -2.29. The average molecular weight is 789 g/mol. The van der Waals surface area contributed by atoms with Crippen molar-refractivity contribution in [2.75, 3.05) is 13.1 Å². The zero-order chi connectivity index (χ0) is 38.1. The molecule has 0 saturated carbocycles. The van der Waals surface area contributed by atoms with E-state index in [0.717, 1.165) is 25.9 Å². The van der Waals surface area contributed by atoms with Crippen LogP contribution in [0.4, 0.5) is 11.4 Å². The Morgan fingerprint density at radius 3 is 1.12 bits per heavy atom. The fourth-order valence-electron chi connectivity index (χ4n) is 8.34. The summed E-state index contributed by atoms with van der Waals surface area (Å²) in [6.45, 7) is 20.3. The molecule has 4 rings (SSSR count). The molecule has 286 valence electrons. The van der Waals surface area contributed by atoms with Gasteiger partial charge in [-0.05, 0) is 77.3 Å². The number of rotatable bonds is 21. The van der Waals surface area contributed by atoms with Gasteiger partial charge in [0, 0.05) is 48.3 Å². The monoisotopic (exact) mass is 786 g/mol. The topological polar surface area (TPSA) is 6.02 Å². The van der Waals surface area contributed by atoms with Crippen LogP contribution < -0.4 is 0 Å². The van der Waals surface area contributed by atoms with Gasteiger partial charge in [0.2, 0.25) is 11.4 Å². The largest absolute Gasteiger partial charge is 0.211 e. The predicted molar refractivity (Wildman–Crippen MR) is 231 cm³/mol. The Labute approximate surface area is 337 Å². The second kappa shape index (κ2) is 19.8. The van der Waals surface area contributed by atoms with Crippen LogP contribution in [0.1, 0.15) is 156 Å². The predicted octanol–water partition coefficient (Wildman–Crippen LogP) is 15.6. The van der Waals surface area contributed by atoms with Gasteiger partial charge in [0.15, 0.2) is 11.4 Å². The molecule has 2 nitrogen and oxygen atoms in total. The number of fused-ring (bicyclic) bond motifs is 2. The van der Waals surface area contributed by atoms with Crippen LogP contribution in [0, 0.1) is 11.8 Å². The fourth-order valence-corrected chi connectivity index (χ4v) is 8.99. The summed E-state index contributed by atoms with van der Waals surface area (Å²) in [4.78, 5) is 0. The number of benzene rings is 2. The molecule has 2 heterocycles. The first kappa shape index (κ1) is 43.2. The second-order valence-corrected chi connectivity index (χ2v) is 18.0. The van der Waals surface area contributed by atoms with Gasteiger partial charge in [0.05, 0.1) is 30.9 Å². The summed E-state index contributed by atoms with van der Waals surface area (Å²) < 4.78 is 5.06. The summed E-state index contributed by atoms with van der Waals surface area (Å²) in [5.74, 6) is 1.20. The van der Waals surface area contributed by atoms with E-state index in [1.807, 2.05) is 0 Å². The van der Waals surface area contributed by atoms with Crippen molar-refractivity contribution in [2.24, 2.45) is 11.8 Å². The van der Waals surface area contributed by atoms with E-state index in [1.54, 1.807) is 0 Å². The molecule has 0 atom stereocenters. The van der Waals surface area contributed by atoms with Crippen molar-refractivity contribution in [2.45, 2.75) is 156 Å². The van der Waals surface area contributed by atoms with Gasteiger partial charge in [0.1, 0.15) is 13.1 Å². The van der Waals surface area contributed by atoms with Gasteiger partial charge in [-0.3, -0.25) is 0 Å². The summed E-state index contributed by atoms with van der Waals surface area (Å²) in [7, 11) is 0. The molecule has 0 spiro atoms. The molecule has 0 amide bonds. The van der Waals surface area contributed by atoms with Gasteiger partial charge in [0.25, 0.3) is 0 Å². The molecular formula is C46H66Cl4N2+2. The van der Waals surface area contributed by atoms with Crippen molar-refractivity contribution in [1.82, 2.24) is 0 Å². The third-order valence-electron chi connectivity index (χ3n) is 11.6. The molecule has 2 aromatic rings. The normalized spacial score (nSPS) is 16.5. The highest BCUT2D eigenvalue weighted by atomic mass is 35.5. The molecule has 52 heavy (non-hydrogen) atoms. The third kappa shape index (κ3) is 10.2. The first-order valence-electron chi connectivity index (χ1n) is 20.5. The Kier molecular flexibility index (Phi) is 16.5. The Hall–Kier alpha value is -1.58. The molecule has 0 aromatic heterocycles. The van der Waals surface area contributed by atoms with E-state index in [4.69, 9.17) is 46.4 Å². The third-order valence-corrected chi connectivity index (χ3v) is 13.1. The number of halogens is 4. The first-order valence-corrected chi connectivity index (χ1v) is 22.0. The van der Waals surface area contributed by atoms with E-state index in [9.17, 15) is 0 Å². The Morgan fingerprint density at radius 1 is 0.500 bits per heavy atom. The van der Waals surface area contributed by atoms with E-state index in [-0.39, 0.29) is 10.8 Å². The van der Waals surface area contributed by atoms with Crippen molar-refractivity contribution in [3.05, 3.63) is 79.8 Å². The maximum Gasteiger partial charge on any atom is 0.211 e. The van der Waals surface area contributed by atoms with Crippen molar-refractivity contribution in [3.63, 3.8) is 0 Å². The van der Waals surface area contributed by atoms with Gasteiger partial charge in [-0.2, -0.15) is 9.15 Å². The molecule has 2 aliphatic heterocycles. The molecule has 0 fully saturated rings. The summed E-state index contributed by atoms with van der Waals surface area (Å²) in [6, 6.07) is 8.36. The van der Waals surface area contributed by atoms with E-state index in [1.165, 1.54) is 111 Å². The molecule has 0 bridgehead atoms. The van der Waals surface area contributed by atoms with Crippen LogP contribution in [0.15, 0.2) is 48.6 Å². The summed E-state index contributed by atoms with van der Waals surface area (Å²) in [5.41, 5.74) is 7.21. The van der Waals surface area contributed by atoms with E-state index in [0.29, 0.717) is 31.9 Å². The smallest absolute Gasteiger partial charge is 0.195 e. The van der Waals surface area contributed by atoms with Gasteiger partial charge in [-0.15, -0.1) is 0 Å². The lowest BCUT2D eigenvalue weighted by molar-refractivity contribution is -0.451. The minimum atomic E-state index is -0.175. The van der Waals surface area contributed by atoms with Crippen LogP contribution in [0.25, 0.3) is 0 Å². The second-order valence-electron chi connectivity index (χ2n) is 16.4. The fraction of sp³-hybridized carbons (Fsp3) is 0.609. The van der Waals surface area contributed by atoms with Crippen LogP contribution in [0.2, 0.25) is 20.1 Å². The van der Waals surface area contributed by atoms with Crippen LogP contribution in [-0.4, -0.2) is 33.7 Å². The van der Waals surface area contributed by atoms with Gasteiger partial charge in [-0.1, -0.05) is 138 Å². The maximum atomic E-state index is 6.69. The lowest BCUT2D eigenvalue weighted by Gasteiger charge is -2.17. The average Bonchev–Trinajstić information content (AvgIpc) is 3.43. The molecule has 6 heteroatoms. The number of nitrogens with zero attached hydrogens (tertiary/aromatic N) is 2. The minimum Gasteiger partial charge on any atom is -0.195 e. The van der Waals surface area contributed by atoms with Crippen LogP contribution >= 0.6 is 46.4 Å². The van der Waals surface area contributed by atoms with E-state index < -0.39 is 0 Å². The van der Waals surface area contributed by atoms with Crippen molar-refractivity contribution in [3.8, 4) is 0 Å². The first-order chi connectivity index (χ1) is 24.8. The highest BCUT2D eigenvalue weighted by Crippen LogP contribution is 2.46. The summed E-state index contributed by atoms with van der Waals surface area (Å²) in [6.07, 6.45) is 27.0. The Morgan fingerprint density at radius 2 is 0.808 bits per heavy atom. The maximum absolute atomic E-state index is 6.69. The number of hydrogen-bond donors (Lipinski definition) is 0. The molecule has 0 saturated heterocycles. The molecule has 0 aliphatic carbocycles. The quantitative estimate of drug-likeness (QED) is 0.0878. The summed E-state index contributed by atoms with van der Waals surface area (Å²) in [5, 5.41) is 2.48. The number of allylic oxidation sites excluding steroid dienone is 4. The molecular weight excluding hydrogens is 722 g/mol. The van der Waals surface area contributed by atoms with E-state index in [2.05, 4.69) is 113 Å². The summed E-state index contributed by atoms with van der Waals surface area (Å²) >= 11 is 26.7. The Bertz CT molecular complexity index is 1510. The van der Waals surface area contributed by atoms with Gasteiger partial charge >= 0.3 is 0 Å². The van der Waals surface area contributed by atoms with Crippen LogP contribution in [0.5, 0.6) is 0 Å². The van der Waals surface area contributed by atoms with Gasteiger partial charge in [-0.25, -0.2) is 0 Å². The zero-order valence-corrected chi connectivity index (χ0v) is 36.5. The molecule has 0 radical (unpaired) electrons. The number of unbranched alkanes of at least 4 members (excludes halogenated alkanes) is 5. The highest BCUT2D eigenvalue weighted by Gasteiger charge is 2.46. The van der Waals surface area contributed by atoms with Crippen molar-refractivity contribution >= 4 is 69.2 Å². The Balaban J connectivity index is 1.67. The van der Waals surface area contributed by atoms with Crippen molar-refractivity contribution in [1.29, 1.82) is 0 Å². The van der Waals surface area contributed by atoms with Crippen LogP contribution in [0.3, 0.4) is 0 Å². The minimum absolute atomic E-state index is 0.175. The molecule has 0 unspecified atom stereocenters. The van der Waals surface area contributed by atoms with E-state index >= 15 is 0 Å². The number of hydrogen-bond acceptors (Lipinski definition) is 0. The SMILES string of the molecule is CCCCC(C=CC1=[N+](CCCC[N+]2=C(C=CC(CCCC)CCCC)C(C)(C)c3cc(Cl)c(Cl)cc32)c2cc(Cl)c(Cl)cc2C1(C)C)CCCC. The van der Waals surface area contributed by atoms with Crippen LogP contribution in [-0.2, 0) is 10.8 Å². The standard InChI is InChI=1S/C46H66Cl4N2/c1-9-13-19-33(20-14-10-2)23-25-43-45(5,6)35-29-37(47)39(49)31-41(35)51(43)27-17-18-28-52-42-32-40(50)38(48)30-36(42)46(7,8)44(52)26-24-34(21-15-11-3)22-16-12-4/h23-26,29-34H,9-22,27-28H2,1-8H3/q+2. The van der Waals surface area contributed by atoms with Crippen molar-refractivity contribution < 1.29 is 9.15 Å².